The third-order valence-electron chi connectivity index (χ3n) is 4.29. The molecule has 154 valence electrons. The number of rotatable bonds is 6. The van der Waals surface area contributed by atoms with Crippen LogP contribution in [0.5, 0.6) is 0 Å². The van der Waals surface area contributed by atoms with E-state index in [1.54, 1.807) is 27.7 Å². The van der Waals surface area contributed by atoms with Gasteiger partial charge in [0.25, 0.3) is 0 Å². The molecule has 0 amide bonds. The summed E-state index contributed by atoms with van der Waals surface area (Å²) in [6.45, 7) is 8.17. The summed E-state index contributed by atoms with van der Waals surface area (Å²) in [5.74, 6) is -2.31. The van der Waals surface area contributed by atoms with E-state index in [-0.39, 0.29) is 25.4 Å². The Balaban J connectivity index is 1.45. The zero-order valence-corrected chi connectivity index (χ0v) is 16.6. The monoisotopic (exact) mass is 394 g/mol. The highest BCUT2D eigenvalue weighted by atomic mass is 16.8. The summed E-state index contributed by atoms with van der Waals surface area (Å²) in [5, 5.41) is 0. The Bertz CT molecular complexity index is 648. The van der Waals surface area contributed by atoms with Gasteiger partial charge in [-0.15, -0.1) is 0 Å². The Morgan fingerprint density at radius 1 is 0.821 bits per heavy atom. The molecule has 0 spiro atoms. The molecule has 28 heavy (non-hydrogen) atoms. The first-order chi connectivity index (χ1) is 13.1. The van der Waals surface area contributed by atoms with Gasteiger partial charge in [-0.3, -0.25) is 0 Å². The molecule has 8 heteroatoms. The predicted octanol–water partition coefficient (Wildman–Crippen LogP) is 2.30. The summed E-state index contributed by atoms with van der Waals surface area (Å²) in [6.07, 6.45) is -0.583. The van der Waals surface area contributed by atoms with E-state index in [9.17, 15) is 9.59 Å². The molecular formula is C20H26O8. The van der Waals surface area contributed by atoms with Crippen LogP contribution in [-0.4, -0.2) is 62.1 Å². The molecule has 0 aliphatic carbocycles. The van der Waals surface area contributed by atoms with Gasteiger partial charge in [0.05, 0.1) is 24.3 Å². The van der Waals surface area contributed by atoms with Gasteiger partial charge < -0.3 is 28.4 Å². The fraction of sp³-hybridized carbons (Fsp3) is 0.600. The van der Waals surface area contributed by atoms with Gasteiger partial charge in [-0.25, -0.2) is 9.59 Å². The number of hydrogen-bond donors (Lipinski definition) is 0. The summed E-state index contributed by atoms with van der Waals surface area (Å²) < 4.78 is 32.5. The fourth-order valence-corrected chi connectivity index (χ4v) is 2.94. The van der Waals surface area contributed by atoms with Crippen LogP contribution in [0.15, 0.2) is 24.3 Å². The minimum Gasteiger partial charge on any atom is -0.459 e. The zero-order chi connectivity index (χ0) is 20.4. The molecule has 0 aromatic heterocycles. The van der Waals surface area contributed by atoms with Gasteiger partial charge in [-0.2, -0.15) is 0 Å². The van der Waals surface area contributed by atoms with Gasteiger partial charge in [-0.05, 0) is 52.0 Å². The summed E-state index contributed by atoms with van der Waals surface area (Å²) in [7, 11) is 0. The van der Waals surface area contributed by atoms with E-state index < -0.39 is 23.5 Å². The van der Waals surface area contributed by atoms with Gasteiger partial charge >= 0.3 is 11.9 Å². The van der Waals surface area contributed by atoms with Crippen molar-refractivity contribution in [3.05, 3.63) is 35.4 Å². The Hall–Kier alpha value is -2.00. The van der Waals surface area contributed by atoms with E-state index in [0.717, 1.165) is 0 Å². The minimum atomic E-state index is -0.662. The Morgan fingerprint density at radius 3 is 1.46 bits per heavy atom. The topological polar surface area (TPSA) is 89.5 Å². The first-order valence-corrected chi connectivity index (χ1v) is 9.21. The van der Waals surface area contributed by atoms with Crippen molar-refractivity contribution in [2.24, 2.45) is 0 Å². The molecule has 2 saturated heterocycles. The second-order valence-corrected chi connectivity index (χ2v) is 7.68. The van der Waals surface area contributed by atoms with Crippen molar-refractivity contribution in [2.75, 3.05) is 26.4 Å². The van der Waals surface area contributed by atoms with Crippen molar-refractivity contribution in [1.29, 1.82) is 0 Å². The molecule has 0 bridgehead atoms. The molecule has 1 aromatic rings. The minimum absolute atomic E-state index is 0.103. The number of benzene rings is 1. The zero-order valence-electron chi connectivity index (χ0n) is 16.6. The van der Waals surface area contributed by atoms with E-state index in [1.807, 2.05) is 0 Å². The molecule has 0 N–H and O–H groups in total. The van der Waals surface area contributed by atoms with Crippen molar-refractivity contribution >= 4 is 11.9 Å². The van der Waals surface area contributed by atoms with Gasteiger partial charge in [0.15, 0.2) is 11.6 Å². The molecule has 2 heterocycles. The van der Waals surface area contributed by atoms with Crippen LogP contribution < -0.4 is 0 Å². The van der Waals surface area contributed by atoms with Crippen LogP contribution in [0.4, 0.5) is 0 Å². The highest BCUT2D eigenvalue weighted by Crippen LogP contribution is 2.23. The normalized spacial score (nSPS) is 25.4. The number of hydrogen-bond acceptors (Lipinski definition) is 8. The lowest BCUT2D eigenvalue weighted by molar-refractivity contribution is -0.143. The van der Waals surface area contributed by atoms with E-state index in [4.69, 9.17) is 28.4 Å². The second kappa shape index (κ2) is 8.16. The Morgan fingerprint density at radius 2 is 1.18 bits per heavy atom. The molecule has 2 aliphatic heterocycles. The maximum Gasteiger partial charge on any atom is 0.338 e. The summed E-state index contributed by atoms with van der Waals surface area (Å²) in [6, 6.07) is 6.08. The van der Waals surface area contributed by atoms with Crippen molar-refractivity contribution in [3.8, 4) is 0 Å². The first kappa shape index (κ1) is 20.7. The van der Waals surface area contributed by atoms with Gasteiger partial charge in [0.1, 0.15) is 25.4 Å². The first-order valence-electron chi connectivity index (χ1n) is 9.21. The highest BCUT2D eigenvalue weighted by molar-refractivity contribution is 5.93. The van der Waals surface area contributed by atoms with Gasteiger partial charge in [-0.1, -0.05) is 0 Å². The van der Waals surface area contributed by atoms with Crippen molar-refractivity contribution in [2.45, 2.75) is 51.5 Å². The molecule has 2 unspecified atom stereocenters. The van der Waals surface area contributed by atoms with Crippen molar-refractivity contribution in [3.63, 3.8) is 0 Å². The molecule has 8 nitrogen and oxygen atoms in total. The van der Waals surface area contributed by atoms with Crippen LogP contribution >= 0.6 is 0 Å². The van der Waals surface area contributed by atoms with Crippen LogP contribution in [0.3, 0.4) is 0 Å². The predicted molar refractivity (Wildman–Crippen MR) is 96.8 cm³/mol. The maximum atomic E-state index is 12.1. The van der Waals surface area contributed by atoms with Crippen molar-refractivity contribution in [1.82, 2.24) is 0 Å². The summed E-state index contributed by atoms with van der Waals surface area (Å²) >= 11 is 0. The average molecular weight is 394 g/mol. The lowest BCUT2D eigenvalue weighted by Gasteiger charge is -2.17. The van der Waals surface area contributed by atoms with E-state index in [2.05, 4.69) is 0 Å². The Labute approximate surface area is 164 Å². The van der Waals surface area contributed by atoms with Crippen LogP contribution in [0.1, 0.15) is 48.4 Å². The molecule has 1 aromatic carbocycles. The van der Waals surface area contributed by atoms with Crippen LogP contribution in [0.25, 0.3) is 0 Å². The smallest absolute Gasteiger partial charge is 0.338 e. The number of ether oxygens (including phenoxy) is 6. The molecule has 2 atom stereocenters. The summed E-state index contributed by atoms with van der Waals surface area (Å²) in [4.78, 5) is 24.3. The Kier molecular flexibility index (Phi) is 6.04. The summed E-state index contributed by atoms with van der Waals surface area (Å²) in [5.41, 5.74) is 0.674. The quantitative estimate of drug-likeness (QED) is 0.679. The van der Waals surface area contributed by atoms with E-state index >= 15 is 0 Å². The SMILES string of the molecule is CC1(C)OCC(COC(=O)c2ccc(C(=O)OCC3COC(C)(C)O3)cc2)O1. The lowest BCUT2D eigenvalue weighted by Crippen LogP contribution is -2.25. The molecule has 2 fully saturated rings. The maximum absolute atomic E-state index is 12.1. The second-order valence-electron chi connectivity index (χ2n) is 7.68. The van der Waals surface area contributed by atoms with Crippen LogP contribution in [0.2, 0.25) is 0 Å². The third kappa shape index (κ3) is 5.51. The number of esters is 2. The van der Waals surface area contributed by atoms with Crippen molar-refractivity contribution < 1.29 is 38.0 Å². The highest BCUT2D eigenvalue weighted by Gasteiger charge is 2.34. The van der Waals surface area contributed by atoms with E-state index in [1.165, 1.54) is 24.3 Å². The molecule has 2 aliphatic rings. The largest absolute Gasteiger partial charge is 0.459 e. The van der Waals surface area contributed by atoms with E-state index in [0.29, 0.717) is 24.3 Å². The number of carbonyl (C=O) groups is 2. The fourth-order valence-electron chi connectivity index (χ4n) is 2.94. The van der Waals surface area contributed by atoms with Crippen LogP contribution in [-0.2, 0) is 28.4 Å². The van der Waals surface area contributed by atoms with Gasteiger partial charge in [0, 0.05) is 0 Å². The molecular weight excluding hydrogens is 368 g/mol. The lowest BCUT2D eigenvalue weighted by atomic mass is 10.1. The standard InChI is InChI=1S/C20H26O8/c1-19(2)25-11-15(27-19)9-23-17(21)13-5-7-14(8-6-13)18(22)24-10-16-12-26-20(3,4)28-16/h5-8,15-16H,9-12H2,1-4H3. The van der Waals surface area contributed by atoms with Crippen LogP contribution in [0, 0.1) is 0 Å². The molecule has 3 rings (SSSR count). The van der Waals surface area contributed by atoms with Gasteiger partial charge in [0.2, 0.25) is 0 Å². The molecule has 0 radical (unpaired) electrons. The molecule has 0 saturated carbocycles. The third-order valence-corrected chi connectivity index (χ3v) is 4.29. The average Bonchev–Trinajstić information content (AvgIpc) is 3.18. The number of carbonyl (C=O) groups excluding carboxylic acids is 2.